The van der Waals surface area contributed by atoms with E-state index >= 15 is 0 Å². The molecule has 0 N–H and O–H groups in total. The quantitative estimate of drug-likeness (QED) is 0.376. The molecule has 0 unspecified atom stereocenters. The van der Waals surface area contributed by atoms with Crippen molar-refractivity contribution in [3.05, 3.63) is 60.4 Å². The van der Waals surface area contributed by atoms with Crippen LogP contribution in [-0.2, 0) is 16.1 Å². The smallest absolute Gasteiger partial charge is 0.325 e. The summed E-state index contributed by atoms with van der Waals surface area (Å²) in [4.78, 5) is 29.0. The second-order valence-electron chi connectivity index (χ2n) is 5.15. The minimum absolute atomic E-state index is 0.130. The third-order valence-corrected chi connectivity index (χ3v) is 6.33. The lowest BCUT2D eigenvalue weighted by molar-refractivity contribution is -0.141. The number of hydrogen-bond acceptors (Lipinski definition) is 4. The van der Waals surface area contributed by atoms with Gasteiger partial charge in [-0.1, -0.05) is 46.7 Å². The van der Waals surface area contributed by atoms with Gasteiger partial charge in [-0.2, -0.15) is 4.99 Å². The van der Waals surface area contributed by atoms with Gasteiger partial charge in [0.05, 0.1) is 32.9 Å². The van der Waals surface area contributed by atoms with Gasteiger partial charge in [-0.25, -0.2) is 0 Å². The summed E-state index contributed by atoms with van der Waals surface area (Å²) in [6.45, 7) is -0.130. The number of carbonyl (C=O) groups excluding carboxylic acids is 2. The average molecular weight is 521 g/mol. The number of carbonyl (C=O) groups is 2. The summed E-state index contributed by atoms with van der Waals surface area (Å²) in [5.74, 6) is -0.883. The Labute approximate surface area is 176 Å². The van der Waals surface area contributed by atoms with Crippen molar-refractivity contribution in [2.45, 2.75) is 6.54 Å². The molecule has 0 radical (unpaired) electrons. The molecule has 0 atom stereocenters. The highest BCUT2D eigenvalue weighted by molar-refractivity contribution is 14.1. The first-order valence-electron chi connectivity index (χ1n) is 7.30. The van der Waals surface area contributed by atoms with Gasteiger partial charge < -0.3 is 9.30 Å². The van der Waals surface area contributed by atoms with Crippen LogP contribution in [0, 0.1) is 3.57 Å². The number of fused-ring (bicyclic) bond motifs is 1. The van der Waals surface area contributed by atoms with E-state index in [9.17, 15) is 9.59 Å². The Hall–Kier alpha value is -1.42. The van der Waals surface area contributed by atoms with Crippen molar-refractivity contribution in [1.82, 2.24) is 4.57 Å². The topological polar surface area (TPSA) is 60.7 Å². The van der Waals surface area contributed by atoms with Crippen molar-refractivity contribution in [1.29, 1.82) is 0 Å². The molecule has 0 spiro atoms. The molecule has 0 saturated carbocycles. The molecule has 0 fully saturated rings. The number of hydrogen-bond donors (Lipinski definition) is 0. The maximum atomic E-state index is 12.6. The summed E-state index contributed by atoms with van der Waals surface area (Å²) in [6.07, 6.45) is 0. The van der Waals surface area contributed by atoms with E-state index in [4.69, 9.17) is 27.9 Å². The minimum Gasteiger partial charge on any atom is -0.468 e. The molecule has 3 rings (SSSR count). The van der Waals surface area contributed by atoms with Crippen molar-refractivity contribution in [2.24, 2.45) is 4.99 Å². The van der Waals surface area contributed by atoms with Crippen LogP contribution in [0.1, 0.15) is 10.4 Å². The molecule has 1 heterocycles. The first-order valence-corrected chi connectivity index (χ1v) is 9.95. The van der Waals surface area contributed by atoms with Gasteiger partial charge in [0.1, 0.15) is 6.54 Å². The fraction of sp³-hybridized carbons (Fsp3) is 0.118. The normalized spacial score (nSPS) is 11.8. The van der Waals surface area contributed by atoms with Gasteiger partial charge in [0.2, 0.25) is 0 Å². The molecule has 0 aliphatic heterocycles. The maximum absolute atomic E-state index is 12.6. The first kappa shape index (κ1) is 19.3. The van der Waals surface area contributed by atoms with E-state index in [1.807, 2.05) is 12.1 Å². The number of benzene rings is 2. The van der Waals surface area contributed by atoms with Crippen molar-refractivity contribution < 1.29 is 14.3 Å². The third-order valence-electron chi connectivity index (χ3n) is 3.55. The van der Waals surface area contributed by atoms with Crippen LogP contribution < -0.4 is 4.80 Å². The lowest BCUT2D eigenvalue weighted by Gasteiger charge is -2.06. The number of amides is 1. The summed E-state index contributed by atoms with van der Waals surface area (Å²) in [5, 5.41) is 0.651. The van der Waals surface area contributed by atoms with Gasteiger partial charge in [0.15, 0.2) is 4.80 Å². The summed E-state index contributed by atoms with van der Waals surface area (Å²) in [5.41, 5.74) is 1.03. The first-order chi connectivity index (χ1) is 12.4. The molecule has 26 heavy (non-hydrogen) atoms. The van der Waals surface area contributed by atoms with E-state index in [1.165, 1.54) is 18.4 Å². The third kappa shape index (κ3) is 3.80. The van der Waals surface area contributed by atoms with Crippen molar-refractivity contribution in [2.75, 3.05) is 7.11 Å². The highest BCUT2D eigenvalue weighted by Gasteiger charge is 2.17. The van der Waals surface area contributed by atoms with Gasteiger partial charge in [0.25, 0.3) is 5.91 Å². The molecule has 0 bridgehead atoms. The Morgan fingerprint density at radius 1 is 1.23 bits per heavy atom. The van der Waals surface area contributed by atoms with E-state index in [0.29, 0.717) is 25.9 Å². The maximum Gasteiger partial charge on any atom is 0.325 e. The Morgan fingerprint density at radius 2 is 1.96 bits per heavy atom. The van der Waals surface area contributed by atoms with E-state index in [2.05, 4.69) is 27.6 Å². The molecule has 0 aliphatic rings. The molecular formula is C17H11Cl2IN2O3S. The molecule has 5 nitrogen and oxygen atoms in total. The number of nitrogens with zero attached hydrogens (tertiary/aromatic N) is 2. The molecule has 0 aliphatic carbocycles. The van der Waals surface area contributed by atoms with Crippen LogP contribution in [0.5, 0.6) is 0 Å². The zero-order chi connectivity index (χ0) is 18.8. The molecule has 3 aromatic rings. The molecule has 0 saturated heterocycles. The van der Waals surface area contributed by atoms with E-state index in [1.54, 1.807) is 28.8 Å². The van der Waals surface area contributed by atoms with Gasteiger partial charge >= 0.3 is 5.97 Å². The van der Waals surface area contributed by atoms with E-state index in [0.717, 1.165) is 8.27 Å². The van der Waals surface area contributed by atoms with Crippen LogP contribution in [0.4, 0.5) is 0 Å². The average Bonchev–Trinajstić information content (AvgIpc) is 2.96. The van der Waals surface area contributed by atoms with Gasteiger partial charge in [-0.3, -0.25) is 9.59 Å². The number of methoxy groups -OCH3 is 1. The number of thiazole rings is 1. The summed E-state index contributed by atoms with van der Waals surface area (Å²) >= 11 is 15.8. The summed E-state index contributed by atoms with van der Waals surface area (Å²) in [7, 11) is 1.29. The van der Waals surface area contributed by atoms with Crippen molar-refractivity contribution >= 4 is 79.2 Å². The van der Waals surface area contributed by atoms with E-state index < -0.39 is 11.9 Å². The Morgan fingerprint density at radius 3 is 2.65 bits per heavy atom. The molecule has 1 amide bonds. The predicted molar refractivity (Wildman–Crippen MR) is 111 cm³/mol. The molecule has 9 heteroatoms. The van der Waals surface area contributed by atoms with Crippen LogP contribution in [-0.4, -0.2) is 23.6 Å². The second kappa shape index (κ2) is 8.08. The summed E-state index contributed by atoms with van der Waals surface area (Å²) < 4.78 is 7.85. The fourth-order valence-corrected chi connectivity index (χ4v) is 4.44. The van der Waals surface area contributed by atoms with Crippen molar-refractivity contribution in [3.63, 3.8) is 0 Å². The number of halogens is 3. The van der Waals surface area contributed by atoms with E-state index in [-0.39, 0.29) is 6.54 Å². The van der Waals surface area contributed by atoms with Crippen LogP contribution >= 0.6 is 57.1 Å². The number of rotatable bonds is 3. The van der Waals surface area contributed by atoms with Gasteiger partial charge in [0, 0.05) is 3.57 Å². The van der Waals surface area contributed by atoms with Crippen LogP contribution in [0.2, 0.25) is 10.0 Å². The molecule has 2 aromatic carbocycles. The predicted octanol–water partition coefficient (Wildman–Crippen LogP) is 4.53. The lowest BCUT2D eigenvalue weighted by atomic mass is 10.2. The van der Waals surface area contributed by atoms with Gasteiger partial charge in [-0.05, 0) is 46.9 Å². The Balaban J connectivity index is 2.23. The lowest BCUT2D eigenvalue weighted by Crippen LogP contribution is -2.22. The zero-order valence-corrected chi connectivity index (χ0v) is 17.8. The summed E-state index contributed by atoms with van der Waals surface area (Å²) in [6, 6.07) is 10.6. The van der Waals surface area contributed by atoms with Gasteiger partial charge in [-0.15, -0.1) is 0 Å². The number of ether oxygens (including phenoxy) is 1. The minimum atomic E-state index is -0.482. The highest BCUT2D eigenvalue weighted by atomic mass is 127. The Bertz CT molecular complexity index is 1090. The SMILES string of the molecule is COC(=O)Cn1c(=NC(=O)c2ccccc2I)sc2ccc(Cl)c(Cl)c21. The molecular weight excluding hydrogens is 510 g/mol. The fourth-order valence-electron chi connectivity index (χ4n) is 2.31. The molecule has 1 aromatic heterocycles. The second-order valence-corrected chi connectivity index (χ2v) is 8.11. The van der Waals surface area contributed by atoms with Crippen LogP contribution in [0.25, 0.3) is 10.2 Å². The van der Waals surface area contributed by atoms with Crippen molar-refractivity contribution in [3.8, 4) is 0 Å². The number of aromatic nitrogens is 1. The highest BCUT2D eigenvalue weighted by Crippen LogP contribution is 2.32. The molecule has 134 valence electrons. The number of esters is 1. The van der Waals surface area contributed by atoms with Crippen LogP contribution in [0.15, 0.2) is 41.4 Å². The zero-order valence-electron chi connectivity index (χ0n) is 13.3. The van der Waals surface area contributed by atoms with Crippen LogP contribution in [0.3, 0.4) is 0 Å². The monoisotopic (exact) mass is 520 g/mol. The largest absolute Gasteiger partial charge is 0.468 e. The standard InChI is InChI=1S/C17H11Cl2IN2O3S/c1-25-13(23)8-22-15-12(7-6-10(18)14(15)19)26-17(22)21-16(24)9-4-2-3-5-11(9)20/h2-7H,8H2,1H3. The Kier molecular flexibility index (Phi) is 6.01.